The molecule has 0 aromatic carbocycles. The summed E-state index contributed by atoms with van der Waals surface area (Å²) in [6.07, 6.45) is 9.96. The van der Waals surface area contributed by atoms with Crippen molar-refractivity contribution in [3.05, 3.63) is 17.2 Å². The first kappa shape index (κ1) is 11.8. The maximum atomic E-state index is 5.16. The molecule has 4 aliphatic carbocycles. The van der Waals surface area contributed by atoms with Crippen LogP contribution in [0.1, 0.15) is 55.7 Å². The summed E-state index contributed by atoms with van der Waals surface area (Å²) in [6.45, 7) is 2.12. The minimum atomic E-state index is 0.445. The standard InChI is InChI=1S/C17H25N3/c1-20-15-10-18-3-2-14(15)19-16(20)17-7-11-4-12(8-17)6-13(5-11)9-17/h11-13,18H,2-10H2,1H3. The summed E-state index contributed by atoms with van der Waals surface area (Å²) >= 11 is 0. The van der Waals surface area contributed by atoms with Gasteiger partial charge in [-0.1, -0.05) is 0 Å². The highest BCUT2D eigenvalue weighted by Crippen LogP contribution is 2.60. The molecule has 0 saturated heterocycles. The molecule has 4 fully saturated rings. The molecule has 1 aromatic rings. The van der Waals surface area contributed by atoms with Crippen molar-refractivity contribution in [3.63, 3.8) is 0 Å². The number of nitrogens with zero attached hydrogens (tertiary/aromatic N) is 2. The molecule has 1 aliphatic heterocycles. The summed E-state index contributed by atoms with van der Waals surface area (Å²) in [5, 5.41) is 3.51. The number of aromatic nitrogens is 2. The van der Waals surface area contributed by atoms with Crippen molar-refractivity contribution < 1.29 is 0 Å². The molecule has 4 saturated carbocycles. The highest BCUT2D eigenvalue weighted by Gasteiger charge is 2.53. The fourth-order valence-electron chi connectivity index (χ4n) is 6.28. The minimum Gasteiger partial charge on any atom is -0.333 e. The Morgan fingerprint density at radius 1 is 1.10 bits per heavy atom. The Labute approximate surface area is 121 Å². The van der Waals surface area contributed by atoms with Crippen molar-refractivity contribution in [2.24, 2.45) is 24.8 Å². The highest BCUT2D eigenvalue weighted by molar-refractivity contribution is 5.27. The normalized spacial score (nSPS) is 42.0. The van der Waals surface area contributed by atoms with Crippen LogP contribution in [-0.2, 0) is 25.4 Å². The molecule has 2 heterocycles. The largest absolute Gasteiger partial charge is 0.333 e. The van der Waals surface area contributed by atoms with Crippen LogP contribution < -0.4 is 5.32 Å². The van der Waals surface area contributed by atoms with Gasteiger partial charge in [-0.2, -0.15) is 0 Å². The second-order valence-corrected chi connectivity index (χ2v) is 8.01. The first-order chi connectivity index (χ1) is 9.73. The maximum Gasteiger partial charge on any atom is 0.115 e. The number of hydrogen-bond donors (Lipinski definition) is 1. The van der Waals surface area contributed by atoms with E-state index in [1.807, 2.05) is 0 Å². The maximum absolute atomic E-state index is 5.16. The van der Waals surface area contributed by atoms with Crippen molar-refractivity contribution >= 4 is 0 Å². The molecule has 0 amide bonds. The Balaban J connectivity index is 1.61. The van der Waals surface area contributed by atoms with Crippen molar-refractivity contribution in [3.8, 4) is 0 Å². The lowest BCUT2D eigenvalue weighted by Gasteiger charge is -2.56. The van der Waals surface area contributed by atoms with Gasteiger partial charge in [-0.25, -0.2) is 4.98 Å². The van der Waals surface area contributed by atoms with E-state index in [-0.39, 0.29) is 0 Å². The summed E-state index contributed by atoms with van der Waals surface area (Å²) in [5.74, 6) is 4.47. The van der Waals surface area contributed by atoms with Crippen LogP contribution in [-0.4, -0.2) is 16.1 Å². The van der Waals surface area contributed by atoms with Crippen molar-refractivity contribution in [2.75, 3.05) is 6.54 Å². The number of rotatable bonds is 1. The van der Waals surface area contributed by atoms with Crippen LogP contribution in [0.3, 0.4) is 0 Å². The van der Waals surface area contributed by atoms with Gasteiger partial charge in [0.05, 0.1) is 11.4 Å². The van der Waals surface area contributed by atoms with Gasteiger partial charge in [0.15, 0.2) is 0 Å². The van der Waals surface area contributed by atoms with E-state index in [1.165, 1.54) is 55.7 Å². The molecule has 0 spiro atoms. The predicted molar refractivity (Wildman–Crippen MR) is 78.5 cm³/mol. The molecule has 5 aliphatic rings. The Hall–Kier alpha value is -0.830. The molecule has 6 rings (SSSR count). The zero-order chi connectivity index (χ0) is 13.3. The van der Waals surface area contributed by atoms with E-state index in [0.29, 0.717) is 5.41 Å². The minimum absolute atomic E-state index is 0.445. The van der Waals surface area contributed by atoms with Gasteiger partial charge in [0.2, 0.25) is 0 Å². The molecule has 1 N–H and O–H groups in total. The first-order valence-electron chi connectivity index (χ1n) is 8.49. The molecule has 4 bridgehead atoms. The molecule has 0 unspecified atom stereocenters. The topological polar surface area (TPSA) is 29.9 Å². The Bertz CT molecular complexity index is 522. The van der Waals surface area contributed by atoms with Gasteiger partial charge in [0, 0.05) is 32.0 Å². The Morgan fingerprint density at radius 2 is 1.75 bits per heavy atom. The fraction of sp³-hybridized carbons (Fsp3) is 0.824. The monoisotopic (exact) mass is 271 g/mol. The zero-order valence-electron chi connectivity index (χ0n) is 12.5. The van der Waals surface area contributed by atoms with Crippen LogP contribution in [0.5, 0.6) is 0 Å². The van der Waals surface area contributed by atoms with Gasteiger partial charge in [0.25, 0.3) is 0 Å². The van der Waals surface area contributed by atoms with E-state index >= 15 is 0 Å². The quantitative estimate of drug-likeness (QED) is 0.850. The molecule has 0 radical (unpaired) electrons. The van der Waals surface area contributed by atoms with Crippen molar-refractivity contribution in [1.29, 1.82) is 0 Å². The first-order valence-corrected chi connectivity index (χ1v) is 8.49. The third kappa shape index (κ3) is 1.47. The van der Waals surface area contributed by atoms with Gasteiger partial charge >= 0.3 is 0 Å². The number of hydrogen-bond acceptors (Lipinski definition) is 2. The smallest absolute Gasteiger partial charge is 0.115 e. The fourth-order valence-corrected chi connectivity index (χ4v) is 6.28. The van der Waals surface area contributed by atoms with Crippen LogP contribution in [0.25, 0.3) is 0 Å². The second kappa shape index (κ2) is 3.88. The van der Waals surface area contributed by atoms with Gasteiger partial charge < -0.3 is 9.88 Å². The van der Waals surface area contributed by atoms with Gasteiger partial charge in [-0.15, -0.1) is 0 Å². The van der Waals surface area contributed by atoms with Crippen LogP contribution in [0.2, 0.25) is 0 Å². The Kier molecular flexibility index (Phi) is 2.29. The number of fused-ring (bicyclic) bond motifs is 1. The lowest BCUT2D eigenvalue weighted by Crippen LogP contribution is -2.49. The van der Waals surface area contributed by atoms with Crippen molar-refractivity contribution in [2.45, 2.75) is 56.9 Å². The lowest BCUT2D eigenvalue weighted by atomic mass is 9.49. The average molecular weight is 271 g/mol. The van der Waals surface area contributed by atoms with E-state index in [2.05, 4.69) is 16.9 Å². The lowest BCUT2D eigenvalue weighted by molar-refractivity contribution is -0.0107. The second-order valence-electron chi connectivity index (χ2n) is 8.01. The van der Waals surface area contributed by atoms with Crippen molar-refractivity contribution in [1.82, 2.24) is 14.9 Å². The molecular weight excluding hydrogens is 246 g/mol. The summed E-state index contributed by atoms with van der Waals surface area (Å²) < 4.78 is 2.47. The third-order valence-corrected chi connectivity index (χ3v) is 6.64. The molecule has 20 heavy (non-hydrogen) atoms. The van der Waals surface area contributed by atoms with E-state index in [4.69, 9.17) is 4.98 Å². The molecule has 0 atom stereocenters. The van der Waals surface area contributed by atoms with E-state index in [0.717, 1.165) is 37.3 Å². The predicted octanol–water partition coefficient (Wildman–Crippen LogP) is 2.53. The molecule has 3 nitrogen and oxygen atoms in total. The Morgan fingerprint density at radius 3 is 2.35 bits per heavy atom. The van der Waals surface area contributed by atoms with Crippen LogP contribution in [0, 0.1) is 17.8 Å². The third-order valence-electron chi connectivity index (χ3n) is 6.64. The van der Waals surface area contributed by atoms with E-state index in [9.17, 15) is 0 Å². The number of nitrogens with one attached hydrogen (secondary N) is 1. The van der Waals surface area contributed by atoms with Gasteiger partial charge in [0.1, 0.15) is 5.82 Å². The molecule has 1 aromatic heterocycles. The van der Waals surface area contributed by atoms with E-state index in [1.54, 1.807) is 0 Å². The zero-order valence-corrected chi connectivity index (χ0v) is 12.5. The molecule has 3 heteroatoms. The number of imidazole rings is 1. The average Bonchev–Trinajstić information content (AvgIpc) is 2.76. The van der Waals surface area contributed by atoms with Crippen LogP contribution in [0.15, 0.2) is 0 Å². The molecule has 108 valence electrons. The molecular formula is C17H25N3. The van der Waals surface area contributed by atoms with Crippen LogP contribution in [0.4, 0.5) is 0 Å². The van der Waals surface area contributed by atoms with Crippen LogP contribution >= 0.6 is 0 Å². The summed E-state index contributed by atoms with van der Waals surface area (Å²) in [4.78, 5) is 5.16. The summed E-state index contributed by atoms with van der Waals surface area (Å²) in [6, 6.07) is 0. The summed E-state index contributed by atoms with van der Waals surface area (Å²) in [7, 11) is 2.27. The van der Waals surface area contributed by atoms with Gasteiger partial charge in [-0.05, 0) is 56.3 Å². The summed E-state index contributed by atoms with van der Waals surface area (Å²) in [5.41, 5.74) is 3.29. The highest BCUT2D eigenvalue weighted by atomic mass is 15.1. The van der Waals surface area contributed by atoms with Gasteiger partial charge in [-0.3, -0.25) is 0 Å². The SMILES string of the molecule is Cn1c(C23CC4CC(CC(C4)C2)C3)nc2c1CNCC2. The van der Waals surface area contributed by atoms with E-state index < -0.39 is 0 Å².